The topological polar surface area (TPSA) is 196 Å². The van der Waals surface area contributed by atoms with E-state index in [4.69, 9.17) is 15.2 Å². The van der Waals surface area contributed by atoms with Gasteiger partial charge in [-0.15, -0.1) is 0 Å². The monoisotopic (exact) mass is 566 g/mol. The van der Waals surface area contributed by atoms with Crippen LogP contribution in [0.5, 0.6) is 5.75 Å². The molecule has 0 unspecified atom stereocenters. The van der Waals surface area contributed by atoms with Crippen molar-refractivity contribution in [3.05, 3.63) is 41.0 Å². The highest BCUT2D eigenvalue weighted by Gasteiger charge is 2.49. The standard InChI is InChI=1S/C20H19BrN6O7S/c1-35(31,32)5-13-15(29)16(19(33-13)27-7-26-14-17(22)24-6-25-18(14)27)34-20(30)9-4-23-11-3-10(21)12(28)2-8(9)11/h2-4,6-7,13,15-16,19,23,28-29H,5H2,1H3,(H2,22,24,25)/t13-,15-,16-,19-/m1/s1. The second-order valence-corrected chi connectivity index (χ2v) is 11.2. The van der Waals surface area contributed by atoms with Gasteiger partial charge in [-0.05, 0) is 28.1 Å². The minimum atomic E-state index is -3.55. The smallest absolute Gasteiger partial charge is 0.340 e. The fourth-order valence-corrected chi connectivity index (χ4v) is 5.27. The number of nitrogens with zero attached hydrogens (tertiary/aromatic N) is 4. The van der Waals surface area contributed by atoms with Gasteiger partial charge in [-0.2, -0.15) is 0 Å². The minimum Gasteiger partial charge on any atom is -0.507 e. The lowest BCUT2D eigenvalue weighted by Crippen LogP contribution is -2.38. The van der Waals surface area contributed by atoms with Crippen LogP contribution in [0.2, 0.25) is 0 Å². The number of H-pyrrole nitrogens is 1. The predicted molar refractivity (Wildman–Crippen MR) is 126 cm³/mol. The number of phenols is 1. The number of sulfone groups is 1. The molecule has 1 aliphatic heterocycles. The molecular formula is C20H19BrN6O7S. The van der Waals surface area contributed by atoms with E-state index in [0.29, 0.717) is 15.4 Å². The van der Waals surface area contributed by atoms with E-state index in [9.17, 15) is 23.4 Å². The van der Waals surface area contributed by atoms with Gasteiger partial charge in [0.25, 0.3) is 0 Å². The number of aromatic hydroxyl groups is 1. The fraction of sp³-hybridized carbons (Fsp3) is 0.300. The van der Waals surface area contributed by atoms with Crippen molar-refractivity contribution in [2.75, 3.05) is 17.7 Å². The summed E-state index contributed by atoms with van der Waals surface area (Å²) in [6, 6.07) is 2.99. The molecule has 0 saturated carbocycles. The average molecular weight is 567 g/mol. The molecule has 35 heavy (non-hydrogen) atoms. The quantitative estimate of drug-likeness (QED) is 0.250. The highest BCUT2D eigenvalue weighted by atomic mass is 79.9. The number of carbonyl (C=O) groups is 1. The number of carbonyl (C=O) groups excluding carboxylic acids is 1. The number of nitrogens with one attached hydrogen (secondary N) is 1. The van der Waals surface area contributed by atoms with E-state index in [1.807, 2.05) is 0 Å². The van der Waals surface area contributed by atoms with E-state index in [-0.39, 0.29) is 28.3 Å². The number of phenolic OH excluding ortho intramolecular Hbond substituents is 1. The van der Waals surface area contributed by atoms with Gasteiger partial charge in [0.2, 0.25) is 0 Å². The van der Waals surface area contributed by atoms with Crippen LogP contribution in [0, 0.1) is 0 Å². The molecule has 184 valence electrons. The maximum absolute atomic E-state index is 13.2. The Hall–Kier alpha value is -3.27. The normalized spacial score (nSPS) is 22.7. The summed E-state index contributed by atoms with van der Waals surface area (Å²) < 4.78 is 37.2. The van der Waals surface area contributed by atoms with Gasteiger partial charge in [-0.25, -0.2) is 28.2 Å². The molecule has 0 radical (unpaired) electrons. The Morgan fingerprint density at radius 1 is 1.34 bits per heavy atom. The molecule has 5 N–H and O–H groups in total. The van der Waals surface area contributed by atoms with Gasteiger partial charge in [-0.3, -0.25) is 4.57 Å². The van der Waals surface area contributed by atoms with Crippen LogP contribution < -0.4 is 5.73 Å². The molecule has 4 atom stereocenters. The number of rotatable bonds is 5. The summed E-state index contributed by atoms with van der Waals surface area (Å²) in [7, 11) is -3.55. The molecule has 0 bridgehead atoms. The number of imidazole rings is 1. The molecule has 15 heteroatoms. The first-order valence-electron chi connectivity index (χ1n) is 10.2. The second-order valence-electron chi connectivity index (χ2n) is 8.15. The molecule has 0 aliphatic carbocycles. The fourth-order valence-electron chi connectivity index (χ4n) is 4.05. The van der Waals surface area contributed by atoms with Crippen LogP contribution >= 0.6 is 15.9 Å². The van der Waals surface area contributed by atoms with E-state index in [2.05, 4.69) is 35.9 Å². The molecular weight excluding hydrogens is 548 g/mol. The Morgan fingerprint density at radius 3 is 2.86 bits per heavy atom. The molecule has 1 aromatic carbocycles. The molecule has 1 aliphatic rings. The lowest BCUT2D eigenvalue weighted by Gasteiger charge is -2.21. The number of aliphatic hydroxyl groups is 1. The number of hydrogen-bond acceptors (Lipinski definition) is 11. The molecule has 4 aromatic rings. The highest BCUT2D eigenvalue weighted by molar-refractivity contribution is 9.10. The van der Waals surface area contributed by atoms with Crippen molar-refractivity contribution in [1.82, 2.24) is 24.5 Å². The maximum atomic E-state index is 13.2. The molecule has 13 nitrogen and oxygen atoms in total. The van der Waals surface area contributed by atoms with Crippen LogP contribution in [0.1, 0.15) is 16.6 Å². The number of aromatic nitrogens is 5. The first kappa shape index (κ1) is 23.5. The zero-order valence-corrected chi connectivity index (χ0v) is 20.4. The second kappa shape index (κ2) is 8.44. The summed E-state index contributed by atoms with van der Waals surface area (Å²) in [6.45, 7) is 0. The van der Waals surface area contributed by atoms with Crippen molar-refractivity contribution in [3.63, 3.8) is 0 Å². The largest absolute Gasteiger partial charge is 0.507 e. The van der Waals surface area contributed by atoms with E-state index in [1.54, 1.807) is 6.07 Å². The third kappa shape index (κ3) is 4.20. The molecule has 0 spiro atoms. The number of nitrogen functional groups attached to an aromatic ring is 1. The van der Waals surface area contributed by atoms with Crippen molar-refractivity contribution in [2.45, 2.75) is 24.5 Å². The number of benzene rings is 1. The maximum Gasteiger partial charge on any atom is 0.340 e. The predicted octanol–water partition coefficient (Wildman–Crippen LogP) is 0.886. The number of hydrogen-bond donors (Lipinski definition) is 4. The number of nitrogens with two attached hydrogens (primary N) is 1. The third-order valence-electron chi connectivity index (χ3n) is 5.65. The van der Waals surface area contributed by atoms with Crippen molar-refractivity contribution in [3.8, 4) is 5.75 Å². The van der Waals surface area contributed by atoms with Crippen molar-refractivity contribution >= 4 is 59.6 Å². The van der Waals surface area contributed by atoms with E-state index >= 15 is 0 Å². The Labute approximate surface area is 205 Å². The third-order valence-corrected chi connectivity index (χ3v) is 7.22. The van der Waals surface area contributed by atoms with E-state index < -0.39 is 46.1 Å². The summed E-state index contributed by atoms with van der Waals surface area (Å²) in [5.41, 5.74) is 7.02. The zero-order chi connectivity index (χ0) is 25.1. The Morgan fingerprint density at radius 2 is 2.11 bits per heavy atom. The summed E-state index contributed by atoms with van der Waals surface area (Å²) in [6.07, 6.45) is -0.191. The average Bonchev–Trinajstić information content (AvgIpc) is 3.46. The molecule has 0 amide bonds. The molecule has 1 saturated heterocycles. The van der Waals surface area contributed by atoms with Crippen LogP contribution in [0.4, 0.5) is 5.82 Å². The van der Waals surface area contributed by atoms with Crippen LogP contribution in [0.15, 0.2) is 35.5 Å². The van der Waals surface area contributed by atoms with Gasteiger partial charge < -0.3 is 30.4 Å². The SMILES string of the molecule is CS(=O)(=O)C[C@H]1O[C@@H](n2cnc3c(N)ncnc32)[C@H](OC(=O)c2c[nH]c3cc(Br)c(O)cc23)[C@@H]1O. The first-order valence-corrected chi connectivity index (χ1v) is 13.0. The van der Waals surface area contributed by atoms with Crippen molar-refractivity contribution in [1.29, 1.82) is 0 Å². The van der Waals surface area contributed by atoms with Gasteiger partial charge >= 0.3 is 5.97 Å². The van der Waals surface area contributed by atoms with Crippen molar-refractivity contribution in [2.24, 2.45) is 0 Å². The Balaban J connectivity index is 1.53. The van der Waals surface area contributed by atoms with E-state index in [1.165, 1.54) is 29.5 Å². The number of ether oxygens (including phenoxy) is 2. The number of aliphatic hydroxyl groups excluding tert-OH is 1. The van der Waals surface area contributed by atoms with Crippen LogP contribution in [0.3, 0.4) is 0 Å². The summed E-state index contributed by atoms with van der Waals surface area (Å²) in [4.78, 5) is 28.3. The summed E-state index contributed by atoms with van der Waals surface area (Å²) in [5, 5.41) is 21.4. The highest BCUT2D eigenvalue weighted by Crippen LogP contribution is 2.36. The summed E-state index contributed by atoms with van der Waals surface area (Å²) in [5.74, 6) is -1.30. The minimum absolute atomic E-state index is 0.0800. The van der Waals surface area contributed by atoms with Crippen LogP contribution in [-0.4, -0.2) is 79.4 Å². The zero-order valence-electron chi connectivity index (χ0n) is 18.0. The molecule has 3 aromatic heterocycles. The number of aromatic amines is 1. The van der Waals surface area contributed by atoms with Gasteiger partial charge in [0.1, 0.15) is 39.6 Å². The number of anilines is 1. The van der Waals surface area contributed by atoms with Gasteiger partial charge in [-0.1, -0.05) is 0 Å². The lowest BCUT2D eigenvalue weighted by atomic mass is 10.1. The van der Waals surface area contributed by atoms with Crippen LogP contribution in [0.25, 0.3) is 22.1 Å². The molecule has 4 heterocycles. The van der Waals surface area contributed by atoms with Gasteiger partial charge in [0.05, 0.1) is 22.1 Å². The Kier molecular flexibility index (Phi) is 5.66. The Bertz CT molecular complexity index is 1570. The van der Waals surface area contributed by atoms with Crippen molar-refractivity contribution < 1.29 is 32.9 Å². The van der Waals surface area contributed by atoms with Gasteiger partial charge in [0, 0.05) is 23.4 Å². The van der Waals surface area contributed by atoms with Crippen LogP contribution in [-0.2, 0) is 19.3 Å². The molecule has 1 fully saturated rings. The number of fused-ring (bicyclic) bond motifs is 2. The first-order chi connectivity index (χ1) is 16.5. The summed E-state index contributed by atoms with van der Waals surface area (Å²) >= 11 is 3.21. The number of esters is 1. The van der Waals surface area contributed by atoms with Gasteiger partial charge in [0.15, 0.2) is 23.8 Å². The molecule has 5 rings (SSSR count). The lowest BCUT2D eigenvalue weighted by molar-refractivity contribution is -0.0451. The number of halogens is 1. The van der Waals surface area contributed by atoms with E-state index in [0.717, 1.165) is 6.26 Å².